The summed E-state index contributed by atoms with van der Waals surface area (Å²) in [6.07, 6.45) is 1.13. The smallest absolute Gasteiger partial charge is 0.251 e. The first kappa shape index (κ1) is 7.01. The second kappa shape index (κ2) is 2.26. The number of hydrogen-bond acceptors (Lipinski definition) is 4. The van der Waals surface area contributed by atoms with Crippen LogP contribution in [0.3, 0.4) is 0 Å². The van der Waals surface area contributed by atoms with Gasteiger partial charge < -0.3 is 15.6 Å². The molecule has 0 saturated heterocycles. The summed E-state index contributed by atoms with van der Waals surface area (Å²) in [7, 11) is 0. The van der Waals surface area contributed by atoms with Crippen LogP contribution < -0.4 is 5.73 Å². The molecule has 1 aliphatic rings. The van der Waals surface area contributed by atoms with Crippen LogP contribution in [0.15, 0.2) is 4.99 Å². The van der Waals surface area contributed by atoms with Crippen molar-refractivity contribution in [2.45, 2.75) is 5.54 Å². The largest absolute Gasteiger partial charge is 0.480 e. The molecule has 0 aromatic heterocycles. The molecule has 1 aliphatic heterocycles. The number of hydrogen-bond donors (Lipinski definition) is 2. The standard InChI is InChI=1S/C5H8N2O3/c6-4(9)5(1-8)2-10-3-7-5/h3,8H,1-2H2,(H2,6,9). The Kier molecular flexibility index (Phi) is 1.58. The molecule has 0 aromatic carbocycles. The number of amides is 1. The monoisotopic (exact) mass is 144 g/mol. The summed E-state index contributed by atoms with van der Waals surface area (Å²) in [5.74, 6) is -0.663. The average molecular weight is 144 g/mol. The fraction of sp³-hybridized carbons (Fsp3) is 0.600. The molecule has 1 atom stereocenters. The molecule has 5 heteroatoms. The van der Waals surface area contributed by atoms with Crippen molar-refractivity contribution in [1.82, 2.24) is 0 Å². The highest BCUT2D eigenvalue weighted by molar-refractivity contribution is 5.87. The lowest BCUT2D eigenvalue weighted by Gasteiger charge is -2.15. The Labute approximate surface area is 57.5 Å². The van der Waals surface area contributed by atoms with Gasteiger partial charge in [-0.2, -0.15) is 0 Å². The number of nitrogens with two attached hydrogens (primary N) is 1. The van der Waals surface area contributed by atoms with Crippen LogP contribution in [0.1, 0.15) is 0 Å². The van der Waals surface area contributed by atoms with Crippen molar-refractivity contribution in [1.29, 1.82) is 0 Å². The van der Waals surface area contributed by atoms with Gasteiger partial charge in [-0.15, -0.1) is 0 Å². The van der Waals surface area contributed by atoms with Gasteiger partial charge in [-0.1, -0.05) is 0 Å². The summed E-state index contributed by atoms with van der Waals surface area (Å²) in [5, 5.41) is 8.69. The van der Waals surface area contributed by atoms with E-state index in [1.54, 1.807) is 0 Å². The summed E-state index contributed by atoms with van der Waals surface area (Å²) in [6, 6.07) is 0. The van der Waals surface area contributed by atoms with Crippen LogP contribution in [-0.4, -0.2) is 36.2 Å². The molecule has 0 bridgehead atoms. The third kappa shape index (κ3) is 0.841. The van der Waals surface area contributed by atoms with Gasteiger partial charge in [0, 0.05) is 0 Å². The van der Waals surface area contributed by atoms with Gasteiger partial charge in [0.2, 0.25) is 0 Å². The first-order valence-corrected chi connectivity index (χ1v) is 2.77. The normalized spacial score (nSPS) is 30.1. The zero-order valence-electron chi connectivity index (χ0n) is 5.28. The Hall–Kier alpha value is -1.10. The first-order chi connectivity index (χ1) is 4.71. The van der Waals surface area contributed by atoms with Crippen molar-refractivity contribution in [3.63, 3.8) is 0 Å². The Bertz CT molecular complexity index is 180. The minimum Gasteiger partial charge on any atom is -0.480 e. The van der Waals surface area contributed by atoms with Crippen molar-refractivity contribution in [3.8, 4) is 0 Å². The molecule has 0 aromatic rings. The average Bonchev–Trinajstić information content (AvgIpc) is 2.35. The summed E-state index contributed by atoms with van der Waals surface area (Å²) in [4.78, 5) is 14.2. The van der Waals surface area contributed by atoms with Crippen molar-refractivity contribution in [2.75, 3.05) is 13.2 Å². The predicted octanol–water partition coefficient (Wildman–Crippen LogP) is -1.74. The van der Waals surface area contributed by atoms with E-state index in [0.29, 0.717) is 0 Å². The minimum absolute atomic E-state index is 0.0405. The minimum atomic E-state index is -1.22. The third-order valence-corrected chi connectivity index (χ3v) is 1.42. The van der Waals surface area contributed by atoms with Crippen LogP contribution in [0.5, 0.6) is 0 Å². The summed E-state index contributed by atoms with van der Waals surface area (Å²) in [5.41, 5.74) is 3.73. The fourth-order valence-corrected chi connectivity index (χ4v) is 0.650. The van der Waals surface area contributed by atoms with E-state index in [9.17, 15) is 4.79 Å². The van der Waals surface area contributed by atoms with E-state index in [1.165, 1.54) is 0 Å². The van der Waals surface area contributed by atoms with Crippen LogP contribution in [0.4, 0.5) is 0 Å². The van der Waals surface area contributed by atoms with Crippen molar-refractivity contribution < 1.29 is 14.6 Å². The topological polar surface area (TPSA) is 84.9 Å². The SMILES string of the molecule is NC(=O)C1(CO)COC=N1. The van der Waals surface area contributed by atoms with Gasteiger partial charge >= 0.3 is 0 Å². The molecule has 56 valence electrons. The lowest BCUT2D eigenvalue weighted by Crippen LogP contribution is -2.46. The number of carbonyl (C=O) groups is 1. The molecule has 0 aliphatic carbocycles. The third-order valence-electron chi connectivity index (χ3n) is 1.42. The Balaban J connectivity index is 2.78. The molecular weight excluding hydrogens is 136 g/mol. The van der Waals surface area contributed by atoms with E-state index in [1.807, 2.05) is 0 Å². The predicted molar refractivity (Wildman–Crippen MR) is 33.5 cm³/mol. The highest BCUT2D eigenvalue weighted by Crippen LogP contribution is 2.13. The molecule has 0 fully saturated rings. The molecule has 1 amide bonds. The van der Waals surface area contributed by atoms with E-state index < -0.39 is 18.1 Å². The summed E-state index contributed by atoms with van der Waals surface area (Å²) < 4.78 is 4.66. The first-order valence-electron chi connectivity index (χ1n) is 2.77. The van der Waals surface area contributed by atoms with Gasteiger partial charge in [-0.3, -0.25) is 4.79 Å². The van der Waals surface area contributed by atoms with Gasteiger partial charge in [-0.25, -0.2) is 4.99 Å². The maximum Gasteiger partial charge on any atom is 0.251 e. The Morgan fingerprint density at radius 1 is 2.00 bits per heavy atom. The molecule has 0 radical (unpaired) electrons. The fourth-order valence-electron chi connectivity index (χ4n) is 0.650. The van der Waals surface area contributed by atoms with Gasteiger partial charge in [0.25, 0.3) is 5.91 Å². The zero-order valence-corrected chi connectivity index (χ0v) is 5.28. The Morgan fingerprint density at radius 2 is 2.70 bits per heavy atom. The maximum atomic E-state index is 10.6. The number of aliphatic hydroxyl groups is 1. The highest BCUT2D eigenvalue weighted by atomic mass is 16.5. The molecular formula is C5H8N2O3. The number of rotatable bonds is 2. The van der Waals surface area contributed by atoms with Gasteiger partial charge in [0.1, 0.15) is 6.61 Å². The Morgan fingerprint density at radius 3 is 2.90 bits per heavy atom. The second-order valence-corrected chi connectivity index (χ2v) is 2.10. The molecule has 1 rings (SSSR count). The zero-order chi connectivity index (χ0) is 7.61. The lowest BCUT2D eigenvalue weighted by atomic mass is 10.0. The van der Waals surface area contributed by atoms with Crippen molar-refractivity contribution >= 4 is 12.3 Å². The second-order valence-electron chi connectivity index (χ2n) is 2.10. The number of aliphatic hydroxyl groups excluding tert-OH is 1. The maximum absolute atomic E-state index is 10.6. The number of aliphatic imine (C=N–C) groups is 1. The van der Waals surface area contributed by atoms with Crippen LogP contribution in [0, 0.1) is 0 Å². The van der Waals surface area contributed by atoms with E-state index in [0.717, 1.165) is 6.40 Å². The lowest BCUT2D eigenvalue weighted by molar-refractivity contribution is -0.124. The van der Waals surface area contributed by atoms with E-state index in [4.69, 9.17) is 10.8 Å². The van der Waals surface area contributed by atoms with Crippen molar-refractivity contribution in [2.24, 2.45) is 10.7 Å². The van der Waals surface area contributed by atoms with E-state index >= 15 is 0 Å². The molecule has 10 heavy (non-hydrogen) atoms. The van der Waals surface area contributed by atoms with Crippen LogP contribution in [-0.2, 0) is 9.53 Å². The molecule has 1 unspecified atom stereocenters. The summed E-state index contributed by atoms with van der Waals surface area (Å²) >= 11 is 0. The quantitative estimate of drug-likeness (QED) is 0.482. The van der Waals surface area contributed by atoms with Crippen LogP contribution >= 0.6 is 0 Å². The molecule has 3 N–H and O–H groups in total. The number of ether oxygens (including phenoxy) is 1. The van der Waals surface area contributed by atoms with Crippen molar-refractivity contribution in [3.05, 3.63) is 0 Å². The molecule has 0 saturated carbocycles. The molecule has 5 nitrogen and oxygen atoms in total. The molecule has 0 spiro atoms. The molecule has 1 heterocycles. The van der Waals surface area contributed by atoms with Gasteiger partial charge in [-0.05, 0) is 0 Å². The number of nitrogens with zero attached hydrogens (tertiary/aromatic N) is 1. The highest BCUT2D eigenvalue weighted by Gasteiger charge is 2.39. The van der Waals surface area contributed by atoms with Crippen LogP contribution in [0.25, 0.3) is 0 Å². The van der Waals surface area contributed by atoms with E-state index in [2.05, 4.69) is 9.73 Å². The van der Waals surface area contributed by atoms with E-state index in [-0.39, 0.29) is 6.61 Å². The van der Waals surface area contributed by atoms with Crippen LogP contribution in [0.2, 0.25) is 0 Å². The van der Waals surface area contributed by atoms with Gasteiger partial charge in [0.05, 0.1) is 6.61 Å². The number of primary amides is 1. The summed E-state index contributed by atoms with van der Waals surface area (Å²) in [6.45, 7) is -0.363. The number of carbonyl (C=O) groups excluding carboxylic acids is 1. The van der Waals surface area contributed by atoms with Gasteiger partial charge in [0.15, 0.2) is 11.9 Å².